The van der Waals surface area contributed by atoms with Crippen molar-refractivity contribution in [3.05, 3.63) is 18.0 Å². The highest BCUT2D eigenvalue weighted by Gasteiger charge is 2.18. The van der Waals surface area contributed by atoms with E-state index in [1.165, 1.54) is 0 Å². The van der Waals surface area contributed by atoms with Crippen molar-refractivity contribution in [3.63, 3.8) is 0 Å². The van der Waals surface area contributed by atoms with Gasteiger partial charge in [0.05, 0.1) is 12.1 Å². The molecule has 0 unspecified atom stereocenters. The molecule has 1 aromatic heterocycles. The van der Waals surface area contributed by atoms with Crippen molar-refractivity contribution in [2.45, 2.75) is 33.1 Å². The van der Waals surface area contributed by atoms with Crippen molar-refractivity contribution in [2.24, 2.45) is 0 Å². The Kier molecular flexibility index (Phi) is 4.98. The lowest BCUT2D eigenvalue weighted by molar-refractivity contribution is -0.142. The number of carbonyl (C=O) groups is 1. The van der Waals surface area contributed by atoms with Crippen LogP contribution < -0.4 is 14.8 Å². The number of rotatable bonds is 7. The van der Waals surface area contributed by atoms with E-state index in [0.29, 0.717) is 35.3 Å². The van der Waals surface area contributed by atoms with Crippen LogP contribution in [0.4, 0.5) is 5.82 Å². The first kappa shape index (κ1) is 16.3. The van der Waals surface area contributed by atoms with Gasteiger partial charge < -0.3 is 19.5 Å². The van der Waals surface area contributed by atoms with E-state index in [1.807, 2.05) is 12.1 Å². The van der Waals surface area contributed by atoms with E-state index < -0.39 is 0 Å². The third-order valence-corrected chi connectivity index (χ3v) is 3.67. The fourth-order valence-electron chi connectivity index (χ4n) is 2.51. The summed E-state index contributed by atoms with van der Waals surface area (Å²) in [6, 6.07) is 3.69. The Balaban J connectivity index is 1.97. The molecule has 0 fully saturated rings. The van der Waals surface area contributed by atoms with Gasteiger partial charge in [0.1, 0.15) is 18.1 Å². The predicted molar refractivity (Wildman–Crippen MR) is 89.4 cm³/mol. The molecule has 0 atom stereocenters. The Morgan fingerprint density at radius 3 is 2.79 bits per heavy atom. The molecule has 1 N–H and O–H groups in total. The van der Waals surface area contributed by atoms with Crippen LogP contribution in [0.3, 0.4) is 0 Å². The standard InChI is InChI=1S/C17H21N3O4/c1-3-5-6-18-17-11-7-13-14(24-10-23-13)8-12(11)19-15(20-17)9-16(21)22-4-2/h7-8H,3-6,9-10H2,1-2H3,(H,18,19,20). The summed E-state index contributed by atoms with van der Waals surface area (Å²) in [4.78, 5) is 20.7. The molecule has 128 valence electrons. The van der Waals surface area contributed by atoms with E-state index in [1.54, 1.807) is 6.92 Å². The first-order valence-electron chi connectivity index (χ1n) is 8.21. The van der Waals surface area contributed by atoms with Crippen LogP contribution in [0.15, 0.2) is 12.1 Å². The minimum atomic E-state index is -0.336. The summed E-state index contributed by atoms with van der Waals surface area (Å²) in [5, 5.41) is 4.18. The summed E-state index contributed by atoms with van der Waals surface area (Å²) in [5.41, 5.74) is 0.715. The second-order valence-electron chi connectivity index (χ2n) is 5.47. The molecule has 24 heavy (non-hydrogen) atoms. The molecule has 1 aromatic carbocycles. The maximum Gasteiger partial charge on any atom is 0.313 e. The highest BCUT2D eigenvalue weighted by atomic mass is 16.7. The maximum atomic E-state index is 11.7. The molecule has 7 nitrogen and oxygen atoms in total. The number of nitrogens with zero attached hydrogens (tertiary/aromatic N) is 2. The topological polar surface area (TPSA) is 82.6 Å². The van der Waals surface area contributed by atoms with E-state index in [0.717, 1.165) is 24.8 Å². The minimum Gasteiger partial charge on any atom is -0.466 e. The summed E-state index contributed by atoms with van der Waals surface area (Å²) >= 11 is 0. The number of aromatic nitrogens is 2. The number of carbonyl (C=O) groups excluding carboxylic acids is 1. The summed E-state index contributed by atoms with van der Waals surface area (Å²) in [6.45, 7) is 5.25. The summed E-state index contributed by atoms with van der Waals surface area (Å²) in [7, 11) is 0. The molecule has 2 aromatic rings. The highest BCUT2D eigenvalue weighted by Crippen LogP contribution is 2.37. The summed E-state index contributed by atoms with van der Waals surface area (Å²) in [5.74, 6) is 2.13. The van der Waals surface area contributed by atoms with Crippen molar-refractivity contribution in [3.8, 4) is 11.5 Å². The van der Waals surface area contributed by atoms with Gasteiger partial charge >= 0.3 is 5.97 Å². The number of hydrogen-bond acceptors (Lipinski definition) is 7. The Bertz CT molecular complexity index is 748. The van der Waals surface area contributed by atoms with Gasteiger partial charge in [-0.05, 0) is 19.4 Å². The summed E-state index contributed by atoms with van der Waals surface area (Å²) < 4.78 is 15.8. The van der Waals surface area contributed by atoms with Gasteiger partial charge in [0.25, 0.3) is 0 Å². The molecule has 0 saturated carbocycles. The van der Waals surface area contributed by atoms with Crippen molar-refractivity contribution < 1.29 is 19.0 Å². The zero-order valence-corrected chi connectivity index (χ0v) is 13.9. The quantitative estimate of drug-likeness (QED) is 0.617. The van der Waals surface area contributed by atoms with Crippen LogP contribution in [-0.2, 0) is 16.0 Å². The Morgan fingerprint density at radius 2 is 2.04 bits per heavy atom. The third-order valence-electron chi connectivity index (χ3n) is 3.67. The number of hydrogen-bond donors (Lipinski definition) is 1. The van der Waals surface area contributed by atoms with Gasteiger partial charge in [0, 0.05) is 18.0 Å². The number of benzene rings is 1. The highest BCUT2D eigenvalue weighted by molar-refractivity contribution is 5.92. The predicted octanol–water partition coefficient (Wildman–Crippen LogP) is 2.68. The van der Waals surface area contributed by atoms with Gasteiger partial charge in [0.2, 0.25) is 6.79 Å². The maximum absolute atomic E-state index is 11.7. The lowest BCUT2D eigenvalue weighted by Crippen LogP contribution is -2.12. The fourth-order valence-corrected chi connectivity index (χ4v) is 2.51. The van der Waals surface area contributed by atoms with Crippen LogP contribution in [0.2, 0.25) is 0 Å². The average molecular weight is 331 g/mol. The van der Waals surface area contributed by atoms with E-state index in [2.05, 4.69) is 22.2 Å². The monoisotopic (exact) mass is 331 g/mol. The molecule has 0 bridgehead atoms. The van der Waals surface area contributed by atoms with Crippen LogP contribution in [0.1, 0.15) is 32.5 Å². The van der Waals surface area contributed by atoms with Crippen molar-refractivity contribution in [1.82, 2.24) is 9.97 Å². The SMILES string of the molecule is CCCCNc1nc(CC(=O)OCC)nc2cc3c(cc12)OCO3. The van der Waals surface area contributed by atoms with Gasteiger partial charge in [-0.15, -0.1) is 0 Å². The van der Waals surface area contributed by atoms with Gasteiger partial charge in [-0.1, -0.05) is 13.3 Å². The van der Waals surface area contributed by atoms with E-state index in [-0.39, 0.29) is 19.2 Å². The minimum absolute atomic E-state index is 0.0423. The Morgan fingerprint density at radius 1 is 1.25 bits per heavy atom. The zero-order chi connectivity index (χ0) is 16.9. The number of unbranched alkanes of at least 4 members (excludes halogenated alkanes) is 1. The van der Waals surface area contributed by atoms with E-state index >= 15 is 0 Å². The van der Waals surface area contributed by atoms with Crippen LogP contribution >= 0.6 is 0 Å². The van der Waals surface area contributed by atoms with Crippen LogP contribution in [0, 0.1) is 0 Å². The largest absolute Gasteiger partial charge is 0.466 e. The second-order valence-corrected chi connectivity index (χ2v) is 5.47. The van der Waals surface area contributed by atoms with E-state index in [9.17, 15) is 4.79 Å². The zero-order valence-electron chi connectivity index (χ0n) is 13.9. The molecular formula is C17H21N3O4. The van der Waals surface area contributed by atoms with Gasteiger partial charge in [-0.3, -0.25) is 4.79 Å². The normalized spacial score (nSPS) is 12.4. The summed E-state index contributed by atoms with van der Waals surface area (Å²) in [6.07, 6.45) is 2.15. The van der Waals surface area contributed by atoms with Crippen LogP contribution in [-0.4, -0.2) is 35.9 Å². The van der Waals surface area contributed by atoms with Crippen molar-refractivity contribution in [2.75, 3.05) is 25.3 Å². The molecule has 0 spiro atoms. The first-order chi connectivity index (χ1) is 11.7. The number of ether oxygens (including phenoxy) is 3. The van der Waals surface area contributed by atoms with Gasteiger partial charge in [0.15, 0.2) is 11.5 Å². The molecule has 1 aliphatic heterocycles. The number of esters is 1. The molecule has 0 aliphatic carbocycles. The lowest BCUT2D eigenvalue weighted by Gasteiger charge is -2.11. The number of anilines is 1. The molecule has 0 radical (unpaired) electrons. The average Bonchev–Trinajstić information content (AvgIpc) is 3.00. The Hall–Kier alpha value is -2.57. The first-order valence-corrected chi connectivity index (χ1v) is 8.21. The third kappa shape index (κ3) is 3.50. The molecule has 7 heteroatoms. The second kappa shape index (κ2) is 7.33. The molecule has 3 rings (SSSR count). The molecule has 1 aliphatic rings. The number of nitrogens with one attached hydrogen (secondary N) is 1. The molecular weight excluding hydrogens is 310 g/mol. The molecule has 2 heterocycles. The van der Waals surface area contributed by atoms with Gasteiger partial charge in [-0.25, -0.2) is 9.97 Å². The molecule has 0 amide bonds. The van der Waals surface area contributed by atoms with E-state index in [4.69, 9.17) is 14.2 Å². The smallest absolute Gasteiger partial charge is 0.313 e. The Labute approximate surface area is 140 Å². The number of fused-ring (bicyclic) bond motifs is 2. The van der Waals surface area contributed by atoms with Gasteiger partial charge in [-0.2, -0.15) is 0 Å². The molecule has 0 saturated heterocycles. The lowest BCUT2D eigenvalue weighted by atomic mass is 10.2. The van der Waals surface area contributed by atoms with Crippen molar-refractivity contribution in [1.29, 1.82) is 0 Å². The van der Waals surface area contributed by atoms with Crippen molar-refractivity contribution >= 4 is 22.7 Å². The van der Waals surface area contributed by atoms with Crippen LogP contribution in [0.5, 0.6) is 11.5 Å². The fraction of sp³-hybridized carbons (Fsp3) is 0.471. The van der Waals surface area contributed by atoms with Crippen LogP contribution in [0.25, 0.3) is 10.9 Å².